The summed E-state index contributed by atoms with van der Waals surface area (Å²) in [6.45, 7) is 2.50. The molecule has 1 aliphatic rings. The van der Waals surface area contributed by atoms with Crippen LogP contribution in [0.25, 0.3) is 0 Å². The lowest BCUT2D eigenvalue weighted by molar-refractivity contribution is -0.384. The highest BCUT2D eigenvalue weighted by Crippen LogP contribution is 2.34. The topological polar surface area (TPSA) is 131 Å². The van der Waals surface area contributed by atoms with Crippen LogP contribution in [0, 0.1) is 20.2 Å². The summed E-state index contributed by atoms with van der Waals surface area (Å²) >= 11 is 0. The van der Waals surface area contributed by atoms with E-state index in [1.54, 1.807) is 6.07 Å². The maximum Gasteiger partial charge on any atom is 0.353 e. The number of hydrogen-bond donors (Lipinski definition) is 1. The monoisotopic (exact) mass is 421 g/mol. The molecule has 0 radical (unpaired) electrons. The third-order valence-corrected chi connectivity index (χ3v) is 5.01. The van der Waals surface area contributed by atoms with Crippen molar-refractivity contribution in [2.75, 3.05) is 41.3 Å². The van der Waals surface area contributed by atoms with Crippen LogP contribution in [0.1, 0.15) is 0 Å². The lowest BCUT2D eigenvalue weighted by atomic mass is 10.2. The third kappa shape index (κ3) is 4.34. The first-order valence-corrected chi connectivity index (χ1v) is 9.59. The zero-order valence-corrected chi connectivity index (χ0v) is 16.4. The van der Waals surface area contributed by atoms with Crippen LogP contribution in [0.2, 0.25) is 0 Å². The SMILES string of the molecule is O=[N+]([O-])c1cccc(Nc2ncnc(N3CCN(c4ccccc4)CC3)c2[N+](=O)[O-])c1. The molecule has 2 heterocycles. The van der Waals surface area contributed by atoms with E-state index in [-0.39, 0.29) is 23.0 Å². The fourth-order valence-corrected chi connectivity index (χ4v) is 3.51. The first-order chi connectivity index (χ1) is 15.0. The first kappa shape index (κ1) is 20.0. The van der Waals surface area contributed by atoms with Crippen molar-refractivity contribution in [1.82, 2.24) is 9.97 Å². The summed E-state index contributed by atoms with van der Waals surface area (Å²) in [6, 6.07) is 15.7. The quantitative estimate of drug-likeness (QED) is 0.470. The van der Waals surface area contributed by atoms with Gasteiger partial charge < -0.3 is 15.1 Å². The average molecular weight is 421 g/mol. The molecular formula is C20H19N7O4. The van der Waals surface area contributed by atoms with Gasteiger partial charge >= 0.3 is 5.69 Å². The van der Waals surface area contributed by atoms with Gasteiger partial charge in [0, 0.05) is 49.7 Å². The molecule has 0 spiro atoms. The van der Waals surface area contributed by atoms with Crippen molar-refractivity contribution in [3.8, 4) is 0 Å². The number of nitro benzene ring substituents is 1. The van der Waals surface area contributed by atoms with Crippen molar-refractivity contribution in [2.24, 2.45) is 0 Å². The second kappa shape index (κ2) is 8.61. The normalized spacial score (nSPS) is 13.7. The minimum atomic E-state index is -0.531. The highest BCUT2D eigenvalue weighted by Gasteiger charge is 2.29. The maximum absolute atomic E-state index is 11.9. The van der Waals surface area contributed by atoms with Crippen LogP contribution < -0.4 is 15.1 Å². The van der Waals surface area contributed by atoms with Gasteiger partial charge in [0.15, 0.2) is 0 Å². The zero-order chi connectivity index (χ0) is 21.8. The van der Waals surface area contributed by atoms with E-state index in [4.69, 9.17) is 0 Å². The molecule has 3 aromatic rings. The van der Waals surface area contributed by atoms with Crippen molar-refractivity contribution in [2.45, 2.75) is 0 Å². The molecule has 1 N–H and O–H groups in total. The minimum absolute atomic E-state index is 0.0130. The van der Waals surface area contributed by atoms with Crippen molar-refractivity contribution < 1.29 is 9.85 Å². The van der Waals surface area contributed by atoms with E-state index in [0.717, 1.165) is 5.69 Å². The van der Waals surface area contributed by atoms with Gasteiger partial charge in [-0.1, -0.05) is 24.3 Å². The Morgan fingerprint density at radius 3 is 2.23 bits per heavy atom. The number of anilines is 4. The van der Waals surface area contributed by atoms with E-state index in [2.05, 4.69) is 20.2 Å². The smallest absolute Gasteiger partial charge is 0.353 e. The van der Waals surface area contributed by atoms with Crippen LogP contribution >= 0.6 is 0 Å². The van der Waals surface area contributed by atoms with Crippen LogP contribution in [0.4, 0.5) is 34.4 Å². The summed E-state index contributed by atoms with van der Waals surface area (Å²) in [5, 5.41) is 25.7. The highest BCUT2D eigenvalue weighted by molar-refractivity contribution is 5.75. The minimum Gasteiger partial charge on any atom is -0.368 e. The predicted molar refractivity (Wildman–Crippen MR) is 116 cm³/mol. The van der Waals surface area contributed by atoms with Crippen molar-refractivity contribution in [3.05, 3.63) is 81.2 Å². The molecule has 1 aromatic heterocycles. The molecule has 11 nitrogen and oxygen atoms in total. The number of piperazine rings is 1. The summed E-state index contributed by atoms with van der Waals surface area (Å²) in [5.74, 6) is 0.210. The Morgan fingerprint density at radius 1 is 0.839 bits per heavy atom. The Morgan fingerprint density at radius 2 is 1.55 bits per heavy atom. The molecule has 31 heavy (non-hydrogen) atoms. The summed E-state index contributed by atoms with van der Waals surface area (Å²) in [7, 11) is 0. The van der Waals surface area contributed by atoms with Gasteiger partial charge in [0.2, 0.25) is 11.6 Å². The number of nitro groups is 2. The molecule has 1 fully saturated rings. The molecule has 0 aliphatic carbocycles. The molecular weight excluding hydrogens is 402 g/mol. The van der Waals surface area contributed by atoms with Gasteiger partial charge in [-0.05, 0) is 18.2 Å². The van der Waals surface area contributed by atoms with Crippen LogP contribution in [0.15, 0.2) is 60.9 Å². The van der Waals surface area contributed by atoms with E-state index in [1.807, 2.05) is 35.2 Å². The fourth-order valence-electron chi connectivity index (χ4n) is 3.51. The highest BCUT2D eigenvalue weighted by atomic mass is 16.6. The fraction of sp³-hybridized carbons (Fsp3) is 0.200. The van der Waals surface area contributed by atoms with Gasteiger partial charge in [-0.3, -0.25) is 20.2 Å². The standard InChI is InChI=1S/C20H19N7O4/c28-26(29)17-8-4-5-15(13-17)23-19-18(27(30)31)20(22-14-21-19)25-11-9-24(10-12-25)16-6-2-1-3-7-16/h1-8,13-14H,9-12H2,(H,21,22,23). The van der Waals surface area contributed by atoms with Crippen LogP contribution in [-0.2, 0) is 0 Å². The zero-order valence-electron chi connectivity index (χ0n) is 16.4. The first-order valence-electron chi connectivity index (χ1n) is 9.59. The molecule has 0 saturated carbocycles. The predicted octanol–water partition coefficient (Wildman–Crippen LogP) is 3.36. The lowest BCUT2D eigenvalue weighted by Gasteiger charge is -2.36. The Balaban J connectivity index is 1.57. The summed E-state index contributed by atoms with van der Waals surface area (Å²) < 4.78 is 0. The molecule has 1 aliphatic heterocycles. The summed E-state index contributed by atoms with van der Waals surface area (Å²) in [4.78, 5) is 34.1. The van der Waals surface area contributed by atoms with Crippen molar-refractivity contribution in [3.63, 3.8) is 0 Å². The lowest BCUT2D eigenvalue weighted by Crippen LogP contribution is -2.47. The van der Waals surface area contributed by atoms with E-state index in [9.17, 15) is 20.2 Å². The molecule has 0 amide bonds. The number of benzene rings is 2. The van der Waals surface area contributed by atoms with Crippen molar-refractivity contribution in [1.29, 1.82) is 0 Å². The van der Waals surface area contributed by atoms with Gasteiger partial charge in [0.1, 0.15) is 6.33 Å². The molecule has 158 valence electrons. The van der Waals surface area contributed by atoms with Crippen LogP contribution in [0.3, 0.4) is 0 Å². The average Bonchev–Trinajstić information content (AvgIpc) is 2.79. The number of non-ortho nitro benzene ring substituents is 1. The molecule has 0 atom stereocenters. The van der Waals surface area contributed by atoms with Gasteiger partial charge in [0.05, 0.1) is 9.85 Å². The Kier molecular flexibility index (Phi) is 5.56. The van der Waals surface area contributed by atoms with Crippen LogP contribution in [0.5, 0.6) is 0 Å². The molecule has 0 unspecified atom stereocenters. The van der Waals surface area contributed by atoms with Gasteiger partial charge in [-0.15, -0.1) is 0 Å². The second-order valence-corrected chi connectivity index (χ2v) is 6.89. The number of nitrogens with zero attached hydrogens (tertiary/aromatic N) is 6. The largest absolute Gasteiger partial charge is 0.368 e. The number of para-hydroxylation sites is 1. The molecule has 0 bridgehead atoms. The van der Waals surface area contributed by atoms with E-state index in [1.165, 1.54) is 24.5 Å². The van der Waals surface area contributed by atoms with Gasteiger partial charge in [-0.25, -0.2) is 9.97 Å². The van der Waals surface area contributed by atoms with E-state index < -0.39 is 9.85 Å². The maximum atomic E-state index is 11.9. The third-order valence-electron chi connectivity index (χ3n) is 5.01. The van der Waals surface area contributed by atoms with Crippen molar-refractivity contribution >= 4 is 34.4 Å². The molecule has 4 rings (SSSR count). The van der Waals surface area contributed by atoms with E-state index >= 15 is 0 Å². The molecule has 2 aromatic carbocycles. The summed E-state index contributed by atoms with van der Waals surface area (Å²) in [5.41, 5.74) is 1.05. The van der Waals surface area contributed by atoms with Gasteiger partial charge in [0.25, 0.3) is 5.69 Å². The van der Waals surface area contributed by atoms with Gasteiger partial charge in [-0.2, -0.15) is 0 Å². The number of aromatic nitrogens is 2. The number of rotatable bonds is 6. The number of hydrogen-bond acceptors (Lipinski definition) is 9. The second-order valence-electron chi connectivity index (χ2n) is 6.89. The summed E-state index contributed by atoms with van der Waals surface area (Å²) in [6.07, 6.45) is 1.26. The number of nitrogens with one attached hydrogen (secondary N) is 1. The Bertz CT molecular complexity index is 1100. The van der Waals surface area contributed by atoms with E-state index in [0.29, 0.717) is 31.9 Å². The van der Waals surface area contributed by atoms with Crippen LogP contribution in [-0.4, -0.2) is 46.0 Å². The Labute approximate surface area is 177 Å². The molecule has 1 saturated heterocycles. The molecule has 11 heteroatoms. The Hall–Kier alpha value is -4.28.